The van der Waals surface area contributed by atoms with Gasteiger partial charge in [-0.15, -0.1) is 0 Å². The Morgan fingerprint density at radius 3 is 2.67 bits per heavy atom. The van der Waals surface area contributed by atoms with Gasteiger partial charge in [0.1, 0.15) is 17.4 Å². The molecule has 0 bridgehead atoms. The zero-order valence-electron chi connectivity index (χ0n) is 19.4. The number of thiocarbonyl (C=S) groups is 1. The SMILES string of the molecule is COCC[C@@]1(C)C(=O)N(c2ccc(C#N)c(C(F)(F)F)c2)C(=S)N1c1ccc2c(c1)NC[C@@H](CO)O2. The molecule has 2 aliphatic heterocycles. The number of aliphatic hydroxyl groups is 1. The van der Waals surface area contributed by atoms with Crippen LogP contribution in [0.3, 0.4) is 0 Å². The third-order valence-electron chi connectivity index (χ3n) is 6.26. The van der Waals surface area contributed by atoms with Gasteiger partial charge in [0.05, 0.1) is 41.7 Å². The van der Waals surface area contributed by atoms with Gasteiger partial charge in [-0.1, -0.05) is 0 Å². The Morgan fingerprint density at radius 1 is 1.31 bits per heavy atom. The van der Waals surface area contributed by atoms with E-state index in [1.807, 2.05) is 0 Å². The first-order valence-electron chi connectivity index (χ1n) is 11.0. The fraction of sp³-hybridized carbons (Fsp3) is 0.375. The summed E-state index contributed by atoms with van der Waals surface area (Å²) >= 11 is 5.65. The summed E-state index contributed by atoms with van der Waals surface area (Å²) in [5.41, 5.74) is -1.91. The zero-order chi connectivity index (χ0) is 26.3. The molecule has 2 N–H and O–H groups in total. The van der Waals surface area contributed by atoms with Gasteiger partial charge in [0.2, 0.25) is 0 Å². The summed E-state index contributed by atoms with van der Waals surface area (Å²) in [4.78, 5) is 16.4. The number of carbonyl (C=O) groups is 1. The standard InChI is InChI=1S/C24H23F3N4O4S/c1-23(7-8-34-2)21(33)30(15-4-3-14(11-28)18(9-15)24(25,26)27)22(36)31(23)16-5-6-20-19(10-16)29-12-17(13-32)35-20/h3-6,9-10,17,29,32H,7-8,12-13H2,1-2H3/t17-,23-/m0/s1. The van der Waals surface area contributed by atoms with Gasteiger partial charge < -0.3 is 24.8 Å². The van der Waals surface area contributed by atoms with Crippen LogP contribution >= 0.6 is 12.2 Å². The molecule has 2 aromatic rings. The summed E-state index contributed by atoms with van der Waals surface area (Å²) in [5, 5.41) is 21.7. The first-order valence-corrected chi connectivity index (χ1v) is 11.4. The number of hydrogen-bond acceptors (Lipinski definition) is 7. The first kappa shape index (κ1) is 25.7. The van der Waals surface area contributed by atoms with E-state index in [9.17, 15) is 23.1 Å². The van der Waals surface area contributed by atoms with Crippen LogP contribution in [-0.2, 0) is 15.7 Å². The Labute approximate surface area is 210 Å². The van der Waals surface area contributed by atoms with Crippen LogP contribution in [0.5, 0.6) is 5.75 Å². The van der Waals surface area contributed by atoms with Gasteiger partial charge in [0.25, 0.3) is 5.91 Å². The Morgan fingerprint density at radius 2 is 2.03 bits per heavy atom. The second-order valence-corrected chi connectivity index (χ2v) is 8.96. The topological polar surface area (TPSA) is 98.1 Å². The molecule has 0 saturated carbocycles. The maximum Gasteiger partial charge on any atom is 0.417 e. The molecule has 2 aliphatic rings. The van der Waals surface area contributed by atoms with E-state index in [1.165, 1.54) is 19.2 Å². The molecule has 36 heavy (non-hydrogen) atoms. The molecule has 2 aromatic carbocycles. The van der Waals surface area contributed by atoms with Crippen molar-refractivity contribution in [2.24, 2.45) is 0 Å². The highest BCUT2D eigenvalue weighted by atomic mass is 32.1. The van der Waals surface area contributed by atoms with Gasteiger partial charge >= 0.3 is 6.18 Å². The van der Waals surface area contributed by atoms with Gasteiger partial charge in [0.15, 0.2) is 5.11 Å². The van der Waals surface area contributed by atoms with E-state index in [0.717, 1.165) is 17.0 Å². The number of aliphatic hydroxyl groups excluding tert-OH is 1. The summed E-state index contributed by atoms with van der Waals surface area (Å²) in [6.45, 7) is 2.06. The maximum atomic E-state index is 13.7. The van der Waals surface area contributed by atoms with E-state index in [-0.39, 0.29) is 30.4 Å². The smallest absolute Gasteiger partial charge is 0.417 e. The number of methoxy groups -OCH3 is 1. The number of alkyl halides is 3. The summed E-state index contributed by atoms with van der Waals surface area (Å²) in [7, 11) is 1.48. The predicted octanol–water partition coefficient (Wildman–Crippen LogP) is 3.68. The van der Waals surface area contributed by atoms with Crippen molar-refractivity contribution >= 4 is 40.3 Å². The van der Waals surface area contributed by atoms with Crippen LogP contribution in [-0.4, -0.2) is 54.6 Å². The highest BCUT2D eigenvalue weighted by Gasteiger charge is 2.53. The second kappa shape index (κ2) is 9.57. The summed E-state index contributed by atoms with van der Waals surface area (Å²) in [5.74, 6) is -0.0116. The molecule has 1 saturated heterocycles. The van der Waals surface area contributed by atoms with Crippen LogP contribution in [0.1, 0.15) is 24.5 Å². The lowest BCUT2D eigenvalue weighted by molar-refractivity contribution is -0.137. The highest BCUT2D eigenvalue weighted by molar-refractivity contribution is 7.81. The molecule has 2 atom stereocenters. The third kappa shape index (κ3) is 4.34. The van der Waals surface area contributed by atoms with Crippen molar-refractivity contribution in [1.29, 1.82) is 5.26 Å². The van der Waals surface area contributed by atoms with Crippen LogP contribution in [0.2, 0.25) is 0 Å². The Kier molecular flexibility index (Phi) is 6.83. The fourth-order valence-corrected chi connectivity index (χ4v) is 4.82. The number of hydrogen-bond donors (Lipinski definition) is 2. The number of carbonyl (C=O) groups excluding carboxylic acids is 1. The van der Waals surface area contributed by atoms with Crippen LogP contribution < -0.4 is 19.9 Å². The molecule has 1 fully saturated rings. The largest absolute Gasteiger partial charge is 0.484 e. The number of benzene rings is 2. The average Bonchev–Trinajstić information content (AvgIpc) is 3.05. The molecular weight excluding hydrogens is 497 g/mol. The van der Waals surface area contributed by atoms with Gasteiger partial charge in [-0.2, -0.15) is 18.4 Å². The Bertz CT molecular complexity index is 1250. The average molecular weight is 521 g/mol. The van der Waals surface area contributed by atoms with Crippen molar-refractivity contribution in [3.05, 3.63) is 47.5 Å². The molecule has 0 radical (unpaired) electrons. The van der Waals surface area contributed by atoms with Gasteiger partial charge in [-0.3, -0.25) is 9.69 Å². The minimum atomic E-state index is -4.79. The molecule has 0 unspecified atom stereocenters. The van der Waals surface area contributed by atoms with Crippen LogP contribution in [0.15, 0.2) is 36.4 Å². The van der Waals surface area contributed by atoms with Crippen molar-refractivity contribution in [2.45, 2.75) is 31.2 Å². The van der Waals surface area contributed by atoms with E-state index in [0.29, 0.717) is 23.7 Å². The second-order valence-electron chi connectivity index (χ2n) is 8.60. The number of fused-ring (bicyclic) bond motifs is 1. The molecule has 190 valence electrons. The number of nitrogens with zero attached hydrogens (tertiary/aromatic N) is 3. The molecule has 8 nitrogen and oxygen atoms in total. The van der Waals surface area contributed by atoms with Gasteiger partial charge in [-0.05, 0) is 55.5 Å². The molecule has 1 amide bonds. The van der Waals surface area contributed by atoms with Crippen molar-refractivity contribution < 1.29 is 32.5 Å². The third-order valence-corrected chi connectivity index (χ3v) is 6.62. The minimum Gasteiger partial charge on any atom is -0.484 e. The van der Waals surface area contributed by atoms with Crippen molar-refractivity contribution in [3.63, 3.8) is 0 Å². The van der Waals surface area contributed by atoms with Crippen LogP contribution in [0.25, 0.3) is 0 Å². The fourth-order valence-electron chi connectivity index (χ4n) is 4.33. The van der Waals surface area contributed by atoms with Crippen molar-refractivity contribution in [3.8, 4) is 11.8 Å². The molecule has 12 heteroatoms. The molecule has 0 spiro atoms. The summed E-state index contributed by atoms with van der Waals surface area (Å²) in [6.07, 6.45) is -4.99. The minimum absolute atomic E-state index is 0.0126. The number of amides is 1. The van der Waals surface area contributed by atoms with Crippen molar-refractivity contribution in [2.75, 3.05) is 42.0 Å². The van der Waals surface area contributed by atoms with E-state index >= 15 is 0 Å². The van der Waals surface area contributed by atoms with Crippen LogP contribution in [0, 0.1) is 11.3 Å². The van der Waals surface area contributed by atoms with Crippen molar-refractivity contribution in [1.82, 2.24) is 0 Å². The predicted molar refractivity (Wildman–Crippen MR) is 130 cm³/mol. The lowest BCUT2D eigenvalue weighted by Crippen LogP contribution is -2.48. The molecular formula is C24H23F3N4O4S. The number of nitriles is 1. The van der Waals surface area contributed by atoms with E-state index in [1.54, 1.807) is 30.0 Å². The summed E-state index contributed by atoms with van der Waals surface area (Å²) < 4.78 is 51.8. The maximum absolute atomic E-state index is 13.7. The molecule has 4 rings (SSSR count). The lowest BCUT2D eigenvalue weighted by atomic mass is 9.95. The Hall–Kier alpha value is -3.40. The molecule has 0 aliphatic carbocycles. The van der Waals surface area contributed by atoms with Crippen LogP contribution in [0.4, 0.5) is 30.2 Å². The highest BCUT2D eigenvalue weighted by Crippen LogP contribution is 2.43. The number of anilines is 3. The number of rotatable bonds is 6. The normalized spacial score (nSPS) is 21.6. The quantitative estimate of drug-likeness (QED) is 0.557. The monoisotopic (exact) mass is 520 g/mol. The van der Waals surface area contributed by atoms with E-state index < -0.39 is 34.9 Å². The van der Waals surface area contributed by atoms with E-state index in [2.05, 4.69) is 5.32 Å². The van der Waals surface area contributed by atoms with E-state index in [4.69, 9.17) is 27.0 Å². The molecule has 0 aromatic heterocycles. The number of ether oxygens (including phenoxy) is 2. The van der Waals surface area contributed by atoms with Gasteiger partial charge in [-0.25, -0.2) is 0 Å². The lowest BCUT2D eigenvalue weighted by Gasteiger charge is -2.34. The number of halogens is 3. The zero-order valence-corrected chi connectivity index (χ0v) is 20.2. The van der Waals surface area contributed by atoms with Gasteiger partial charge in [0, 0.05) is 25.8 Å². The first-order chi connectivity index (χ1) is 17.0. The molecule has 2 heterocycles. The Balaban J connectivity index is 1.79. The number of nitrogens with one attached hydrogen (secondary N) is 1. The summed E-state index contributed by atoms with van der Waals surface area (Å²) in [6, 6.07) is 9.70.